The van der Waals surface area contributed by atoms with Gasteiger partial charge in [0.1, 0.15) is 17.4 Å². The van der Waals surface area contributed by atoms with Crippen LogP contribution < -0.4 is 17.7 Å². The highest BCUT2D eigenvalue weighted by molar-refractivity contribution is 6.04. The summed E-state index contributed by atoms with van der Waals surface area (Å²) >= 11 is 0. The van der Waals surface area contributed by atoms with Gasteiger partial charge in [0, 0.05) is 5.39 Å². The number of halogens is 1. The van der Waals surface area contributed by atoms with Crippen LogP contribution in [0.5, 0.6) is 0 Å². The predicted octanol–water partition coefficient (Wildman–Crippen LogP) is -0.627. The van der Waals surface area contributed by atoms with E-state index in [1.165, 1.54) is 0 Å². The molecule has 0 spiro atoms. The highest BCUT2D eigenvalue weighted by Gasteiger charge is 2.16. The standard InChI is InChI=1S/C14H15N3O.ClH/c1-3-9(2)17-14-13-12(15-8-16-14)10-6-4-5-7-11(10)18-13;/h4-9H,3H2,1-2H3,(H,15,16,17);1H. The van der Waals surface area contributed by atoms with Crippen LogP contribution in [-0.4, -0.2) is 16.0 Å². The third-order valence-corrected chi connectivity index (χ3v) is 3.27. The zero-order valence-electron chi connectivity index (χ0n) is 10.9. The van der Waals surface area contributed by atoms with Gasteiger partial charge < -0.3 is 16.8 Å². The molecule has 4 nitrogen and oxygen atoms in total. The van der Waals surface area contributed by atoms with Crippen molar-refractivity contribution in [2.45, 2.75) is 26.3 Å². The molecule has 19 heavy (non-hydrogen) atoms. The number of nitrogens with two attached hydrogens (primary N) is 1. The van der Waals surface area contributed by atoms with Gasteiger partial charge in [-0.25, -0.2) is 4.98 Å². The van der Waals surface area contributed by atoms with Crippen LogP contribution in [0.1, 0.15) is 20.3 Å². The van der Waals surface area contributed by atoms with E-state index in [1.807, 2.05) is 24.3 Å². The maximum atomic E-state index is 5.87. The molecule has 0 radical (unpaired) electrons. The van der Waals surface area contributed by atoms with Crippen LogP contribution in [0, 0.1) is 0 Å². The van der Waals surface area contributed by atoms with Crippen molar-refractivity contribution in [1.29, 1.82) is 0 Å². The van der Waals surface area contributed by atoms with E-state index in [0.29, 0.717) is 6.04 Å². The fourth-order valence-electron chi connectivity index (χ4n) is 2.05. The molecule has 2 aromatic heterocycles. The zero-order chi connectivity index (χ0) is 12.5. The summed E-state index contributed by atoms with van der Waals surface area (Å²) in [4.78, 5) is 8.67. The van der Waals surface area contributed by atoms with E-state index >= 15 is 0 Å². The van der Waals surface area contributed by atoms with Gasteiger partial charge in [0.05, 0.1) is 6.04 Å². The molecular formula is C14H16ClN3O. The lowest BCUT2D eigenvalue weighted by Gasteiger charge is -2.05. The number of fused-ring (bicyclic) bond motifs is 3. The lowest BCUT2D eigenvalue weighted by Crippen LogP contribution is -3.00. The molecule has 0 fully saturated rings. The van der Waals surface area contributed by atoms with Crippen LogP contribution >= 0.6 is 0 Å². The van der Waals surface area contributed by atoms with Gasteiger partial charge in [0.25, 0.3) is 5.82 Å². The molecule has 0 saturated heterocycles. The van der Waals surface area contributed by atoms with E-state index in [9.17, 15) is 0 Å². The van der Waals surface area contributed by atoms with Crippen LogP contribution in [0.4, 0.5) is 5.82 Å². The molecule has 2 heterocycles. The molecule has 0 aliphatic carbocycles. The van der Waals surface area contributed by atoms with Crippen LogP contribution in [0.3, 0.4) is 0 Å². The summed E-state index contributed by atoms with van der Waals surface area (Å²) in [6.45, 7) is 4.34. The number of furan rings is 1. The van der Waals surface area contributed by atoms with Gasteiger partial charge in [-0.1, -0.05) is 19.1 Å². The van der Waals surface area contributed by atoms with Crippen molar-refractivity contribution in [2.75, 3.05) is 0 Å². The summed E-state index contributed by atoms with van der Waals surface area (Å²) in [5.41, 5.74) is 2.56. The molecule has 1 unspecified atom stereocenters. The summed E-state index contributed by atoms with van der Waals surface area (Å²) in [6, 6.07) is 8.44. The Hall–Kier alpha value is -1.65. The second kappa shape index (κ2) is 5.55. The van der Waals surface area contributed by atoms with E-state index in [-0.39, 0.29) is 12.4 Å². The van der Waals surface area contributed by atoms with Gasteiger partial charge in [0.2, 0.25) is 5.58 Å². The minimum Gasteiger partial charge on any atom is -1.00 e. The maximum absolute atomic E-state index is 5.87. The topological polar surface area (TPSA) is 55.5 Å². The molecule has 3 aromatic rings. The van der Waals surface area contributed by atoms with Gasteiger partial charge in [-0.3, -0.25) is 5.32 Å². The smallest absolute Gasteiger partial charge is 0.271 e. The summed E-state index contributed by atoms with van der Waals surface area (Å²) < 4.78 is 5.87. The molecule has 100 valence electrons. The highest BCUT2D eigenvalue weighted by Crippen LogP contribution is 2.28. The summed E-state index contributed by atoms with van der Waals surface area (Å²) in [5.74, 6) is 0.894. The van der Waals surface area contributed by atoms with Gasteiger partial charge in [-0.2, -0.15) is 4.98 Å². The highest BCUT2D eigenvalue weighted by atomic mass is 35.5. The number of hydrogen-bond acceptors (Lipinski definition) is 3. The van der Waals surface area contributed by atoms with Crippen molar-refractivity contribution in [1.82, 2.24) is 9.97 Å². The quantitative estimate of drug-likeness (QED) is 0.694. The molecule has 1 atom stereocenters. The van der Waals surface area contributed by atoms with E-state index in [2.05, 4.69) is 29.1 Å². The SMILES string of the molecule is CCC(C)[NH2+]c1ncnc2c1oc1ccccc12.[Cl-]. The van der Waals surface area contributed by atoms with E-state index in [4.69, 9.17) is 4.42 Å². The first-order chi connectivity index (χ1) is 8.79. The Balaban J connectivity index is 0.00000133. The second-order valence-corrected chi connectivity index (χ2v) is 4.59. The average molecular weight is 278 g/mol. The Labute approximate surface area is 117 Å². The minimum absolute atomic E-state index is 0. The summed E-state index contributed by atoms with van der Waals surface area (Å²) in [7, 11) is 0. The predicted molar refractivity (Wildman–Crippen MR) is 70.6 cm³/mol. The number of para-hydroxylation sites is 1. The van der Waals surface area contributed by atoms with Gasteiger partial charge in [-0.15, -0.1) is 0 Å². The normalized spacial score (nSPS) is 12.5. The monoisotopic (exact) mass is 277 g/mol. The molecule has 0 amide bonds. The number of rotatable bonds is 3. The molecular weight excluding hydrogens is 262 g/mol. The van der Waals surface area contributed by atoms with E-state index in [0.717, 1.165) is 34.3 Å². The Morgan fingerprint density at radius 2 is 2.05 bits per heavy atom. The fraction of sp³-hybridized carbons (Fsp3) is 0.286. The Morgan fingerprint density at radius 3 is 2.84 bits per heavy atom. The van der Waals surface area contributed by atoms with Gasteiger partial charge in [-0.05, 0) is 25.5 Å². The van der Waals surface area contributed by atoms with Crippen molar-refractivity contribution >= 4 is 27.9 Å². The van der Waals surface area contributed by atoms with Crippen molar-refractivity contribution in [2.24, 2.45) is 0 Å². The second-order valence-electron chi connectivity index (χ2n) is 4.59. The summed E-state index contributed by atoms with van der Waals surface area (Å²) in [6.07, 6.45) is 2.70. The van der Waals surface area contributed by atoms with Crippen LogP contribution in [0.25, 0.3) is 22.1 Å². The summed E-state index contributed by atoms with van der Waals surface area (Å²) in [5, 5.41) is 3.19. The van der Waals surface area contributed by atoms with Crippen LogP contribution in [0.2, 0.25) is 0 Å². The number of hydrogen-bond donors (Lipinski definition) is 1. The average Bonchev–Trinajstić information content (AvgIpc) is 2.78. The first-order valence-electron chi connectivity index (χ1n) is 6.26. The Kier molecular flexibility index (Phi) is 4.02. The minimum atomic E-state index is 0. The third kappa shape index (κ3) is 2.41. The van der Waals surface area contributed by atoms with Crippen LogP contribution in [0.15, 0.2) is 35.0 Å². The van der Waals surface area contributed by atoms with Crippen molar-refractivity contribution < 1.29 is 22.1 Å². The first-order valence-corrected chi connectivity index (χ1v) is 6.26. The molecule has 5 heteroatoms. The molecule has 2 N–H and O–H groups in total. The molecule has 0 aliphatic rings. The molecule has 3 rings (SSSR count). The van der Waals surface area contributed by atoms with E-state index < -0.39 is 0 Å². The van der Waals surface area contributed by atoms with Crippen molar-refractivity contribution in [3.63, 3.8) is 0 Å². The van der Waals surface area contributed by atoms with Crippen molar-refractivity contribution in [3.8, 4) is 0 Å². The number of benzene rings is 1. The lowest BCUT2D eigenvalue weighted by molar-refractivity contribution is -0.609. The lowest BCUT2D eigenvalue weighted by atomic mass is 10.2. The van der Waals surface area contributed by atoms with Gasteiger partial charge in [0.15, 0.2) is 0 Å². The number of quaternary nitrogens is 1. The van der Waals surface area contributed by atoms with Crippen LogP contribution in [-0.2, 0) is 0 Å². The number of nitrogens with zero attached hydrogens (tertiary/aromatic N) is 2. The first kappa shape index (κ1) is 13.8. The third-order valence-electron chi connectivity index (χ3n) is 3.27. The van der Waals surface area contributed by atoms with E-state index in [1.54, 1.807) is 6.33 Å². The van der Waals surface area contributed by atoms with Crippen molar-refractivity contribution in [3.05, 3.63) is 30.6 Å². The zero-order valence-corrected chi connectivity index (χ0v) is 11.7. The molecule has 1 aromatic carbocycles. The Bertz CT molecular complexity index is 695. The Morgan fingerprint density at radius 1 is 1.26 bits per heavy atom. The fourth-order valence-corrected chi connectivity index (χ4v) is 2.05. The molecule has 0 saturated carbocycles. The molecule has 0 aliphatic heterocycles. The largest absolute Gasteiger partial charge is 1.00 e. The van der Waals surface area contributed by atoms with Gasteiger partial charge >= 0.3 is 0 Å². The molecule has 0 bridgehead atoms. The maximum Gasteiger partial charge on any atom is 0.271 e. The number of aromatic nitrogens is 2.